The first-order chi connectivity index (χ1) is 9.54. The number of hydrogen-bond acceptors (Lipinski definition) is 2. The van der Waals surface area contributed by atoms with Crippen LogP contribution in [0, 0.1) is 0 Å². The van der Waals surface area contributed by atoms with Crippen molar-refractivity contribution < 1.29 is 14.0 Å². The number of benzene rings is 1. The highest BCUT2D eigenvalue weighted by atomic mass is 35.5. The lowest BCUT2D eigenvalue weighted by Gasteiger charge is -2.41. The molecule has 1 amide bonds. The van der Waals surface area contributed by atoms with Gasteiger partial charge in [0.05, 0.1) is 39.8 Å². The van der Waals surface area contributed by atoms with Crippen molar-refractivity contribution in [2.45, 2.75) is 13.5 Å². The molecule has 0 bridgehead atoms. The number of piperazine rings is 1. The largest absolute Gasteiger partial charge is 0.450 e. The lowest BCUT2D eigenvalue weighted by atomic mass is 10.1. The summed E-state index contributed by atoms with van der Waals surface area (Å²) in [6.45, 7) is 6.48. The van der Waals surface area contributed by atoms with Crippen LogP contribution >= 0.6 is 11.6 Å². The normalized spacial score (nSPS) is 17.9. The minimum Gasteiger partial charge on any atom is -0.450 e. The van der Waals surface area contributed by atoms with Crippen LogP contribution < -0.4 is 0 Å². The maximum atomic E-state index is 11.7. The number of nitrogens with zero attached hydrogens (tertiary/aromatic N) is 2. The van der Waals surface area contributed by atoms with Gasteiger partial charge < -0.3 is 9.22 Å². The second-order valence-corrected chi connectivity index (χ2v) is 5.91. The van der Waals surface area contributed by atoms with E-state index in [0.29, 0.717) is 6.61 Å². The Morgan fingerprint density at radius 3 is 2.60 bits per heavy atom. The maximum absolute atomic E-state index is 11.7. The summed E-state index contributed by atoms with van der Waals surface area (Å²) in [5.74, 6) is 0. The van der Waals surface area contributed by atoms with Crippen molar-refractivity contribution >= 4 is 17.7 Å². The second-order valence-electron chi connectivity index (χ2n) is 5.50. The van der Waals surface area contributed by atoms with E-state index in [1.165, 1.54) is 5.56 Å². The van der Waals surface area contributed by atoms with Crippen LogP contribution in [0.5, 0.6) is 0 Å². The molecule has 0 radical (unpaired) electrons. The fraction of sp³-hybridized carbons (Fsp3) is 0.533. The average molecular weight is 298 g/mol. The summed E-state index contributed by atoms with van der Waals surface area (Å²) >= 11 is 6.23. The molecule has 0 saturated carbocycles. The number of carbonyl (C=O) groups excluding carboxylic acids is 1. The number of quaternary nitrogens is 1. The van der Waals surface area contributed by atoms with Gasteiger partial charge in [0.15, 0.2) is 0 Å². The zero-order valence-electron chi connectivity index (χ0n) is 12.1. The van der Waals surface area contributed by atoms with E-state index in [9.17, 15) is 4.79 Å². The SMILES string of the molecule is CCOC(=O)N1CC[N+](C)(Cc2ccccc2Cl)CC1. The van der Waals surface area contributed by atoms with Crippen molar-refractivity contribution in [1.82, 2.24) is 4.90 Å². The molecule has 5 heteroatoms. The summed E-state index contributed by atoms with van der Waals surface area (Å²) in [5.41, 5.74) is 1.17. The van der Waals surface area contributed by atoms with Crippen molar-refractivity contribution in [2.24, 2.45) is 0 Å². The maximum Gasteiger partial charge on any atom is 0.410 e. The first-order valence-electron chi connectivity index (χ1n) is 7.03. The molecule has 1 saturated heterocycles. The Bertz CT molecular complexity index is 471. The third-order valence-corrected chi connectivity index (χ3v) is 4.22. The molecule has 110 valence electrons. The molecule has 0 aromatic heterocycles. The molecule has 4 nitrogen and oxygen atoms in total. The summed E-state index contributed by atoms with van der Waals surface area (Å²) in [6.07, 6.45) is -0.198. The van der Waals surface area contributed by atoms with Crippen LogP contribution in [0.25, 0.3) is 0 Å². The van der Waals surface area contributed by atoms with Crippen LogP contribution in [0.1, 0.15) is 12.5 Å². The van der Waals surface area contributed by atoms with E-state index in [1.807, 2.05) is 25.1 Å². The lowest BCUT2D eigenvalue weighted by Crippen LogP contribution is -2.57. The molecule has 0 aliphatic carbocycles. The van der Waals surface area contributed by atoms with Gasteiger partial charge in [0.2, 0.25) is 0 Å². The molecule has 0 N–H and O–H groups in total. The number of likely N-dealkylation sites (N-methyl/N-ethyl adjacent to an activating group) is 1. The van der Waals surface area contributed by atoms with Crippen molar-refractivity contribution in [3.8, 4) is 0 Å². The van der Waals surface area contributed by atoms with Gasteiger partial charge in [0, 0.05) is 10.6 Å². The topological polar surface area (TPSA) is 29.5 Å². The summed E-state index contributed by atoms with van der Waals surface area (Å²) in [4.78, 5) is 13.5. The zero-order valence-corrected chi connectivity index (χ0v) is 12.9. The predicted molar refractivity (Wildman–Crippen MR) is 79.7 cm³/mol. The van der Waals surface area contributed by atoms with Crippen LogP contribution in [0.4, 0.5) is 4.79 Å². The number of amides is 1. The van der Waals surface area contributed by atoms with Crippen molar-refractivity contribution in [3.05, 3.63) is 34.9 Å². The Morgan fingerprint density at radius 2 is 2.00 bits per heavy atom. The number of carbonyl (C=O) groups is 1. The quantitative estimate of drug-likeness (QED) is 0.803. The number of hydrogen-bond donors (Lipinski definition) is 0. The van der Waals surface area contributed by atoms with Crippen LogP contribution in [0.3, 0.4) is 0 Å². The van der Waals surface area contributed by atoms with Gasteiger partial charge >= 0.3 is 6.09 Å². The molecular formula is C15H22ClN2O2+. The molecule has 2 rings (SSSR count). The van der Waals surface area contributed by atoms with E-state index in [1.54, 1.807) is 4.90 Å². The first kappa shape index (κ1) is 15.1. The minimum absolute atomic E-state index is 0.198. The Hall–Kier alpha value is -1.26. The van der Waals surface area contributed by atoms with Gasteiger partial charge in [-0.2, -0.15) is 0 Å². The highest BCUT2D eigenvalue weighted by molar-refractivity contribution is 6.31. The fourth-order valence-electron chi connectivity index (χ4n) is 2.54. The summed E-state index contributed by atoms with van der Waals surface area (Å²) < 4.78 is 5.95. The molecule has 0 unspecified atom stereocenters. The third-order valence-electron chi connectivity index (χ3n) is 3.86. The van der Waals surface area contributed by atoms with Gasteiger partial charge in [-0.25, -0.2) is 4.79 Å². The highest BCUT2D eigenvalue weighted by Crippen LogP contribution is 2.22. The van der Waals surface area contributed by atoms with Crippen LogP contribution in [0.15, 0.2) is 24.3 Å². The fourth-order valence-corrected chi connectivity index (χ4v) is 2.74. The molecule has 1 aromatic carbocycles. The van der Waals surface area contributed by atoms with Gasteiger partial charge in [-0.05, 0) is 13.0 Å². The molecule has 1 aromatic rings. The summed E-state index contributed by atoms with van der Waals surface area (Å²) in [6, 6.07) is 7.97. The third kappa shape index (κ3) is 3.64. The Balaban J connectivity index is 1.95. The van der Waals surface area contributed by atoms with Crippen molar-refractivity contribution in [1.29, 1.82) is 0 Å². The molecule has 0 spiro atoms. The molecule has 1 heterocycles. The average Bonchev–Trinajstić information content (AvgIpc) is 2.42. The number of rotatable bonds is 3. The standard InChI is InChI=1S/C15H22ClN2O2/c1-3-20-15(19)17-8-10-18(2,11-9-17)12-13-6-4-5-7-14(13)16/h4-7H,3,8-12H2,1-2H3/q+1. The number of halogens is 1. The van der Waals surface area contributed by atoms with Crippen LogP contribution in [-0.2, 0) is 11.3 Å². The van der Waals surface area contributed by atoms with E-state index in [4.69, 9.17) is 16.3 Å². The highest BCUT2D eigenvalue weighted by Gasteiger charge is 2.31. The molecule has 1 aliphatic heterocycles. The molecule has 1 fully saturated rings. The van der Waals surface area contributed by atoms with Gasteiger partial charge in [0.1, 0.15) is 6.54 Å². The van der Waals surface area contributed by atoms with Crippen LogP contribution in [-0.4, -0.2) is 55.3 Å². The first-order valence-corrected chi connectivity index (χ1v) is 7.40. The van der Waals surface area contributed by atoms with Crippen molar-refractivity contribution in [2.75, 3.05) is 39.8 Å². The van der Waals surface area contributed by atoms with E-state index in [0.717, 1.165) is 42.2 Å². The van der Waals surface area contributed by atoms with Crippen molar-refractivity contribution in [3.63, 3.8) is 0 Å². The Labute approximate surface area is 125 Å². The molecule has 0 atom stereocenters. The lowest BCUT2D eigenvalue weighted by molar-refractivity contribution is -0.926. The minimum atomic E-state index is -0.198. The van der Waals surface area contributed by atoms with Gasteiger partial charge in [-0.3, -0.25) is 4.90 Å². The smallest absolute Gasteiger partial charge is 0.410 e. The van der Waals surface area contributed by atoms with Crippen LogP contribution in [0.2, 0.25) is 5.02 Å². The molecular weight excluding hydrogens is 276 g/mol. The monoisotopic (exact) mass is 297 g/mol. The summed E-state index contributed by atoms with van der Waals surface area (Å²) in [5, 5.41) is 0.819. The molecule has 1 aliphatic rings. The van der Waals surface area contributed by atoms with Gasteiger partial charge in [-0.1, -0.05) is 29.8 Å². The van der Waals surface area contributed by atoms with Gasteiger partial charge in [0.25, 0.3) is 0 Å². The summed E-state index contributed by atoms with van der Waals surface area (Å²) in [7, 11) is 2.21. The van der Waals surface area contributed by atoms with E-state index >= 15 is 0 Å². The second kappa shape index (κ2) is 6.46. The van der Waals surface area contributed by atoms with E-state index in [-0.39, 0.29) is 6.09 Å². The van der Waals surface area contributed by atoms with E-state index in [2.05, 4.69) is 13.1 Å². The van der Waals surface area contributed by atoms with E-state index < -0.39 is 0 Å². The Morgan fingerprint density at radius 1 is 1.35 bits per heavy atom. The Kier molecular flexibility index (Phi) is 4.89. The molecule has 20 heavy (non-hydrogen) atoms. The number of ether oxygens (including phenoxy) is 1. The van der Waals surface area contributed by atoms with Gasteiger partial charge in [-0.15, -0.1) is 0 Å². The zero-order chi connectivity index (χ0) is 14.6. The predicted octanol–water partition coefficient (Wildman–Crippen LogP) is 2.76.